The molecular formula is C11H17N3O3S. The fraction of sp³-hybridized carbons (Fsp3) is 0.364. The maximum absolute atomic E-state index is 11.5. The average Bonchev–Trinajstić information content (AvgIpc) is 2.34. The molecule has 5 N–H and O–H groups in total. The zero-order chi connectivity index (χ0) is 13.8. The number of hydrogen-bond donors (Lipinski definition) is 3. The monoisotopic (exact) mass is 271 g/mol. The van der Waals surface area contributed by atoms with Crippen molar-refractivity contribution in [3.63, 3.8) is 0 Å². The summed E-state index contributed by atoms with van der Waals surface area (Å²) in [4.78, 5) is 11.5. The number of benzene rings is 1. The minimum Gasteiger partial charge on any atom is -0.352 e. The molecule has 0 saturated heterocycles. The Kier molecular flexibility index (Phi) is 4.83. The highest BCUT2D eigenvalue weighted by atomic mass is 32.2. The Morgan fingerprint density at radius 1 is 1.44 bits per heavy atom. The van der Waals surface area contributed by atoms with Crippen LogP contribution >= 0.6 is 0 Å². The summed E-state index contributed by atoms with van der Waals surface area (Å²) in [7, 11) is -3.72. The number of carbonyl (C=O) groups is 1. The van der Waals surface area contributed by atoms with Gasteiger partial charge in [-0.05, 0) is 17.7 Å². The van der Waals surface area contributed by atoms with Crippen LogP contribution in [0.4, 0.5) is 0 Å². The van der Waals surface area contributed by atoms with E-state index in [1.54, 1.807) is 19.1 Å². The molecule has 6 nitrogen and oxygen atoms in total. The van der Waals surface area contributed by atoms with E-state index in [4.69, 9.17) is 10.9 Å². The molecule has 0 fully saturated rings. The van der Waals surface area contributed by atoms with Gasteiger partial charge in [0.05, 0.1) is 4.90 Å². The van der Waals surface area contributed by atoms with Crippen molar-refractivity contribution in [2.24, 2.45) is 16.8 Å². The number of sulfonamides is 1. The van der Waals surface area contributed by atoms with Gasteiger partial charge in [-0.25, -0.2) is 13.6 Å². The summed E-state index contributed by atoms with van der Waals surface area (Å²) < 4.78 is 22.3. The molecule has 0 spiro atoms. The normalized spacial score (nSPS) is 13.1. The van der Waals surface area contributed by atoms with Crippen molar-refractivity contribution in [3.8, 4) is 0 Å². The molecule has 1 unspecified atom stereocenters. The minimum absolute atomic E-state index is 0.0288. The van der Waals surface area contributed by atoms with Gasteiger partial charge in [0.25, 0.3) is 0 Å². The third-order valence-electron chi connectivity index (χ3n) is 2.49. The molecule has 18 heavy (non-hydrogen) atoms. The largest absolute Gasteiger partial charge is 0.352 e. The Morgan fingerprint density at radius 2 is 2.11 bits per heavy atom. The smallest absolute Gasteiger partial charge is 0.238 e. The molecule has 7 heteroatoms. The summed E-state index contributed by atoms with van der Waals surface area (Å²) in [6.07, 6.45) is 0. The van der Waals surface area contributed by atoms with E-state index in [1.165, 1.54) is 12.1 Å². The molecule has 0 radical (unpaired) electrons. The molecule has 0 aliphatic carbocycles. The van der Waals surface area contributed by atoms with E-state index in [9.17, 15) is 13.2 Å². The maximum atomic E-state index is 11.5. The fourth-order valence-corrected chi connectivity index (χ4v) is 1.89. The van der Waals surface area contributed by atoms with Crippen molar-refractivity contribution in [2.45, 2.75) is 18.4 Å². The van der Waals surface area contributed by atoms with Gasteiger partial charge in [-0.3, -0.25) is 4.79 Å². The topological polar surface area (TPSA) is 115 Å². The second kappa shape index (κ2) is 5.94. The molecule has 1 rings (SSSR count). The summed E-state index contributed by atoms with van der Waals surface area (Å²) in [6.45, 7) is 2.23. The van der Waals surface area contributed by atoms with Crippen LogP contribution in [0.5, 0.6) is 0 Å². The van der Waals surface area contributed by atoms with E-state index >= 15 is 0 Å². The highest BCUT2D eigenvalue weighted by Gasteiger charge is 2.11. The van der Waals surface area contributed by atoms with Crippen LogP contribution in [0.3, 0.4) is 0 Å². The standard InChI is InChI=1S/C11H17N3O3S/c1-8(6-12)11(15)14-7-9-3-2-4-10(5-9)18(13,16)17/h2-5,8H,6-7,12H2,1H3,(H,14,15)(H2,13,16,17). The van der Waals surface area contributed by atoms with Crippen molar-refractivity contribution in [3.05, 3.63) is 29.8 Å². The first kappa shape index (κ1) is 14.6. The minimum atomic E-state index is -3.72. The van der Waals surface area contributed by atoms with Gasteiger partial charge in [-0.2, -0.15) is 0 Å². The van der Waals surface area contributed by atoms with E-state index in [2.05, 4.69) is 5.32 Å². The van der Waals surface area contributed by atoms with Crippen molar-refractivity contribution in [1.29, 1.82) is 0 Å². The Labute approximate surface area is 106 Å². The van der Waals surface area contributed by atoms with Gasteiger partial charge in [0.2, 0.25) is 15.9 Å². The first-order valence-corrected chi connectivity index (χ1v) is 6.98. The molecule has 1 atom stereocenters. The summed E-state index contributed by atoms with van der Waals surface area (Å²) in [5.74, 6) is -0.440. The molecule has 0 aromatic heterocycles. The summed E-state index contributed by atoms with van der Waals surface area (Å²) in [5.41, 5.74) is 6.03. The van der Waals surface area contributed by atoms with Crippen LogP contribution in [0.25, 0.3) is 0 Å². The van der Waals surface area contributed by atoms with E-state index in [-0.39, 0.29) is 29.8 Å². The SMILES string of the molecule is CC(CN)C(=O)NCc1cccc(S(N)(=O)=O)c1. The second-order valence-electron chi connectivity index (χ2n) is 4.05. The first-order valence-electron chi connectivity index (χ1n) is 5.44. The maximum Gasteiger partial charge on any atom is 0.238 e. The number of carbonyl (C=O) groups excluding carboxylic acids is 1. The lowest BCUT2D eigenvalue weighted by atomic mass is 10.1. The van der Waals surface area contributed by atoms with Gasteiger partial charge >= 0.3 is 0 Å². The van der Waals surface area contributed by atoms with E-state index in [1.807, 2.05) is 0 Å². The molecule has 0 bridgehead atoms. The highest BCUT2D eigenvalue weighted by molar-refractivity contribution is 7.89. The average molecular weight is 271 g/mol. The number of hydrogen-bond acceptors (Lipinski definition) is 4. The molecule has 0 heterocycles. The first-order chi connectivity index (χ1) is 8.34. The Hall–Kier alpha value is -1.44. The zero-order valence-electron chi connectivity index (χ0n) is 10.1. The predicted octanol–water partition coefficient (Wildman–Crippen LogP) is -0.455. The number of nitrogens with one attached hydrogen (secondary N) is 1. The van der Waals surface area contributed by atoms with Crippen molar-refractivity contribution < 1.29 is 13.2 Å². The van der Waals surface area contributed by atoms with Crippen LogP contribution in [-0.2, 0) is 21.4 Å². The lowest BCUT2D eigenvalue weighted by Gasteiger charge is -2.10. The molecule has 100 valence electrons. The zero-order valence-corrected chi connectivity index (χ0v) is 10.9. The number of primary sulfonamides is 1. The lowest BCUT2D eigenvalue weighted by molar-refractivity contribution is -0.124. The third kappa shape index (κ3) is 4.10. The predicted molar refractivity (Wildman–Crippen MR) is 67.9 cm³/mol. The third-order valence-corrected chi connectivity index (χ3v) is 3.41. The Morgan fingerprint density at radius 3 is 2.67 bits per heavy atom. The Balaban J connectivity index is 2.72. The van der Waals surface area contributed by atoms with Gasteiger partial charge in [-0.1, -0.05) is 19.1 Å². The second-order valence-corrected chi connectivity index (χ2v) is 5.61. The van der Waals surface area contributed by atoms with Crippen molar-refractivity contribution in [2.75, 3.05) is 6.54 Å². The molecule has 1 aromatic carbocycles. The van der Waals surface area contributed by atoms with Crippen LogP contribution in [0.15, 0.2) is 29.2 Å². The highest BCUT2D eigenvalue weighted by Crippen LogP contribution is 2.09. The van der Waals surface area contributed by atoms with Crippen molar-refractivity contribution in [1.82, 2.24) is 5.32 Å². The van der Waals surface area contributed by atoms with Crippen molar-refractivity contribution >= 4 is 15.9 Å². The molecular weight excluding hydrogens is 254 g/mol. The van der Waals surface area contributed by atoms with E-state index in [0.29, 0.717) is 5.56 Å². The number of amides is 1. The van der Waals surface area contributed by atoms with E-state index in [0.717, 1.165) is 0 Å². The van der Waals surface area contributed by atoms with Crippen LogP contribution in [0, 0.1) is 5.92 Å². The molecule has 0 saturated carbocycles. The lowest BCUT2D eigenvalue weighted by Crippen LogP contribution is -2.32. The molecule has 0 aliphatic rings. The van der Waals surface area contributed by atoms with Gasteiger partial charge < -0.3 is 11.1 Å². The van der Waals surface area contributed by atoms with Gasteiger partial charge in [0.15, 0.2) is 0 Å². The quantitative estimate of drug-likeness (QED) is 0.672. The summed E-state index contributed by atoms with van der Waals surface area (Å²) in [6, 6.07) is 6.13. The van der Waals surface area contributed by atoms with E-state index < -0.39 is 10.0 Å². The Bertz CT molecular complexity index is 528. The van der Waals surface area contributed by atoms with Crippen LogP contribution < -0.4 is 16.2 Å². The fourth-order valence-electron chi connectivity index (χ4n) is 1.30. The molecule has 1 aromatic rings. The summed E-state index contributed by atoms with van der Waals surface area (Å²) >= 11 is 0. The number of nitrogens with two attached hydrogens (primary N) is 2. The van der Waals surface area contributed by atoms with Crippen LogP contribution in [-0.4, -0.2) is 20.9 Å². The summed E-state index contributed by atoms with van der Waals surface area (Å²) in [5, 5.41) is 7.69. The van der Waals surface area contributed by atoms with Gasteiger partial charge in [0.1, 0.15) is 0 Å². The van der Waals surface area contributed by atoms with Crippen LogP contribution in [0.2, 0.25) is 0 Å². The van der Waals surface area contributed by atoms with Crippen LogP contribution in [0.1, 0.15) is 12.5 Å². The molecule has 0 aliphatic heterocycles. The van der Waals surface area contributed by atoms with Gasteiger partial charge in [-0.15, -0.1) is 0 Å². The van der Waals surface area contributed by atoms with Gasteiger partial charge in [0, 0.05) is 19.0 Å². The number of rotatable bonds is 5. The molecule has 1 amide bonds.